The molecule has 0 unspecified atom stereocenters. The van der Waals surface area contributed by atoms with Crippen molar-refractivity contribution in [3.63, 3.8) is 0 Å². The molecule has 0 radical (unpaired) electrons. The maximum atomic E-state index is 12.6. The van der Waals surface area contributed by atoms with E-state index in [1.54, 1.807) is 24.3 Å². The maximum Gasteiger partial charge on any atom is 0.279 e. The van der Waals surface area contributed by atoms with Crippen LogP contribution < -0.4 is 9.54 Å². The Morgan fingerprint density at radius 1 is 1.04 bits per heavy atom. The molecule has 27 heavy (non-hydrogen) atoms. The zero-order valence-corrected chi connectivity index (χ0v) is 16.3. The number of carbonyl (C=O) groups is 1. The van der Waals surface area contributed by atoms with Crippen LogP contribution in [0.1, 0.15) is 24.2 Å². The quantitative estimate of drug-likeness (QED) is 0.509. The van der Waals surface area contributed by atoms with Gasteiger partial charge in [-0.3, -0.25) is 4.79 Å². The zero-order valence-electron chi connectivity index (χ0n) is 15.5. The van der Waals surface area contributed by atoms with Crippen LogP contribution in [0.2, 0.25) is 0 Å². The number of amides is 1. The SMILES string of the molecule is CC(C)Oc1ccc(C(=O)N=c2sc3c4ccccc4ccc3n2C)cc1. The van der Waals surface area contributed by atoms with Gasteiger partial charge in [0.05, 0.1) is 16.3 Å². The summed E-state index contributed by atoms with van der Waals surface area (Å²) in [6.45, 7) is 3.94. The number of hydrogen-bond donors (Lipinski definition) is 0. The monoisotopic (exact) mass is 376 g/mol. The molecule has 3 aromatic carbocycles. The molecule has 0 bridgehead atoms. The van der Waals surface area contributed by atoms with Gasteiger partial charge in [0.1, 0.15) is 5.75 Å². The molecule has 0 N–H and O–H groups in total. The van der Waals surface area contributed by atoms with E-state index in [2.05, 4.69) is 29.3 Å². The molecular formula is C22H20N2O2S. The minimum absolute atomic E-state index is 0.101. The Kier molecular flexibility index (Phi) is 4.54. The van der Waals surface area contributed by atoms with E-state index >= 15 is 0 Å². The summed E-state index contributed by atoms with van der Waals surface area (Å²) < 4.78 is 8.74. The van der Waals surface area contributed by atoms with Gasteiger partial charge in [-0.15, -0.1) is 0 Å². The van der Waals surface area contributed by atoms with Crippen LogP contribution in [0, 0.1) is 0 Å². The average molecular weight is 376 g/mol. The third-order valence-corrected chi connectivity index (χ3v) is 5.55. The molecule has 1 aromatic heterocycles. The molecule has 0 fully saturated rings. The van der Waals surface area contributed by atoms with E-state index in [1.165, 1.54) is 22.1 Å². The van der Waals surface area contributed by atoms with E-state index in [4.69, 9.17) is 4.74 Å². The maximum absolute atomic E-state index is 12.6. The highest BCUT2D eigenvalue weighted by Gasteiger charge is 2.10. The van der Waals surface area contributed by atoms with Crippen molar-refractivity contribution in [2.75, 3.05) is 0 Å². The molecule has 1 heterocycles. The predicted molar refractivity (Wildman–Crippen MR) is 110 cm³/mol. The second kappa shape index (κ2) is 7.00. The lowest BCUT2D eigenvalue weighted by Crippen LogP contribution is -2.13. The van der Waals surface area contributed by atoms with E-state index in [9.17, 15) is 4.79 Å². The highest BCUT2D eigenvalue weighted by molar-refractivity contribution is 7.17. The number of hydrogen-bond acceptors (Lipinski definition) is 3. The van der Waals surface area contributed by atoms with Gasteiger partial charge in [-0.25, -0.2) is 0 Å². The van der Waals surface area contributed by atoms with Gasteiger partial charge in [0, 0.05) is 18.0 Å². The number of aromatic nitrogens is 1. The van der Waals surface area contributed by atoms with E-state index in [0.717, 1.165) is 16.0 Å². The fourth-order valence-corrected chi connectivity index (χ4v) is 4.21. The lowest BCUT2D eigenvalue weighted by atomic mass is 10.1. The Balaban J connectivity index is 1.75. The topological polar surface area (TPSA) is 43.6 Å². The number of carbonyl (C=O) groups excluding carboxylic acids is 1. The second-order valence-corrected chi connectivity index (χ2v) is 7.66. The first-order valence-electron chi connectivity index (χ1n) is 8.86. The fraction of sp³-hybridized carbons (Fsp3) is 0.182. The van der Waals surface area contributed by atoms with E-state index in [0.29, 0.717) is 10.4 Å². The van der Waals surface area contributed by atoms with Gasteiger partial charge in [0.25, 0.3) is 5.91 Å². The number of aryl methyl sites for hydroxylation is 1. The second-order valence-electron chi connectivity index (χ2n) is 6.69. The lowest BCUT2D eigenvalue weighted by molar-refractivity contribution is 0.0998. The van der Waals surface area contributed by atoms with E-state index in [-0.39, 0.29) is 12.0 Å². The van der Waals surface area contributed by atoms with Gasteiger partial charge in [0.2, 0.25) is 0 Å². The van der Waals surface area contributed by atoms with Crippen molar-refractivity contribution >= 4 is 38.2 Å². The van der Waals surface area contributed by atoms with Crippen molar-refractivity contribution in [2.45, 2.75) is 20.0 Å². The highest BCUT2D eigenvalue weighted by Crippen LogP contribution is 2.27. The zero-order chi connectivity index (χ0) is 19.0. The number of fused-ring (bicyclic) bond motifs is 3. The van der Waals surface area contributed by atoms with Crippen LogP contribution in [-0.4, -0.2) is 16.6 Å². The van der Waals surface area contributed by atoms with Crippen LogP contribution in [0.5, 0.6) is 5.75 Å². The molecule has 0 saturated heterocycles. The normalized spacial score (nSPS) is 12.2. The number of rotatable bonds is 3. The Morgan fingerprint density at radius 2 is 1.78 bits per heavy atom. The third kappa shape index (κ3) is 3.38. The largest absolute Gasteiger partial charge is 0.491 e. The lowest BCUT2D eigenvalue weighted by Gasteiger charge is -2.09. The Morgan fingerprint density at radius 3 is 2.52 bits per heavy atom. The number of benzene rings is 3. The van der Waals surface area contributed by atoms with Crippen molar-refractivity contribution in [2.24, 2.45) is 12.0 Å². The summed E-state index contributed by atoms with van der Waals surface area (Å²) in [5.74, 6) is 0.498. The molecular weight excluding hydrogens is 356 g/mol. The summed E-state index contributed by atoms with van der Waals surface area (Å²) in [6, 6.07) is 19.6. The molecule has 4 rings (SSSR count). The smallest absolute Gasteiger partial charge is 0.279 e. The summed E-state index contributed by atoms with van der Waals surface area (Å²) in [6.07, 6.45) is 0.101. The van der Waals surface area contributed by atoms with Crippen molar-refractivity contribution in [3.8, 4) is 5.75 Å². The summed E-state index contributed by atoms with van der Waals surface area (Å²) in [4.78, 5) is 17.7. The third-order valence-electron chi connectivity index (χ3n) is 4.37. The summed E-state index contributed by atoms with van der Waals surface area (Å²) in [7, 11) is 1.94. The van der Waals surface area contributed by atoms with Crippen molar-refractivity contribution in [1.82, 2.24) is 4.57 Å². The summed E-state index contributed by atoms with van der Waals surface area (Å²) in [5.41, 5.74) is 1.62. The molecule has 1 amide bonds. The van der Waals surface area contributed by atoms with Gasteiger partial charge in [0.15, 0.2) is 4.80 Å². The minimum atomic E-state index is -0.252. The summed E-state index contributed by atoms with van der Waals surface area (Å²) >= 11 is 1.54. The van der Waals surface area contributed by atoms with Crippen LogP contribution in [0.3, 0.4) is 0 Å². The Hall–Kier alpha value is -2.92. The molecule has 4 nitrogen and oxygen atoms in total. The van der Waals surface area contributed by atoms with E-state index in [1.807, 2.05) is 37.6 Å². The molecule has 4 aromatic rings. The molecule has 136 valence electrons. The van der Waals surface area contributed by atoms with Crippen LogP contribution in [0.15, 0.2) is 65.7 Å². The summed E-state index contributed by atoms with van der Waals surface area (Å²) in [5, 5.41) is 2.37. The van der Waals surface area contributed by atoms with Gasteiger partial charge in [-0.2, -0.15) is 4.99 Å². The number of ether oxygens (including phenoxy) is 1. The Bertz CT molecular complexity index is 1200. The average Bonchev–Trinajstić information content (AvgIpc) is 2.98. The van der Waals surface area contributed by atoms with Gasteiger partial charge in [-0.05, 0) is 49.6 Å². The molecule has 0 aliphatic heterocycles. The fourth-order valence-electron chi connectivity index (χ4n) is 3.06. The van der Waals surface area contributed by atoms with Crippen LogP contribution in [0.25, 0.3) is 21.0 Å². The van der Waals surface area contributed by atoms with Crippen LogP contribution in [0.4, 0.5) is 0 Å². The first-order chi connectivity index (χ1) is 13.0. The molecule has 0 aliphatic carbocycles. The predicted octanol–water partition coefficient (Wildman–Crippen LogP) is 4.92. The molecule has 0 atom stereocenters. The minimum Gasteiger partial charge on any atom is -0.491 e. The highest BCUT2D eigenvalue weighted by atomic mass is 32.1. The standard InChI is InChI=1S/C22H20N2O2S/c1-14(2)26-17-11-8-16(9-12-17)21(25)23-22-24(3)19-13-10-15-6-4-5-7-18(15)20(19)27-22/h4-14H,1-3H3. The van der Waals surface area contributed by atoms with Crippen LogP contribution >= 0.6 is 11.3 Å². The first-order valence-corrected chi connectivity index (χ1v) is 9.67. The van der Waals surface area contributed by atoms with Crippen molar-refractivity contribution in [1.29, 1.82) is 0 Å². The first kappa shape index (κ1) is 17.5. The van der Waals surface area contributed by atoms with Gasteiger partial charge < -0.3 is 9.30 Å². The number of nitrogens with zero attached hydrogens (tertiary/aromatic N) is 2. The van der Waals surface area contributed by atoms with Crippen molar-refractivity contribution < 1.29 is 9.53 Å². The molecule has 0 saturated carbocycles. The molecule has 0 aliphatic rings. The van der Waals surface area contributed by atoms with Crippen molar-refractivity contribution in [3.05, 3.63) is 71.0 Å². The molecule has 5 heteroatoms. The van der Waals surface area contributed by atoms with Crippen LogP contribution in [-0.2, 0) is 7.05 Å². The van der Waals surface area contributed by atoms with Gasteiger partial charge in [-0.1, -0.05) is 41.7 Å². The molecule has 0 spiro atoms. The van der Waals surface area contributed by atoms with E-state index < -0.39 is 0 Å². The Labute approximate surface area is 161 Å². The van der Waals surface area contributed by atoms with Gasteiger partial charge >= 0.3 is 0 Å². The number of thiazole rings is 1.